The number of fused-ring (bicyclic) bond motifs is 1. The predicted octanol–water partition coefficient (Wildman–Crippen LogP) is 1.38. The van der Waals surface area contributed by atoms with Crippen molar-refractivity contribution in [1.29, 1.82) is 0 Å². The largest absolute Gasteiger partial charge is 0.508 e. The van der Waals surface area contributed by atoms with E-state index in [0.717, 1.165) is 26.1 Å². The highest BCUT2D eigenvalue weighted by atomic mass is 35.5. The van der Waals surface area contributed by atoms with Crippen LogP contribution in [0.1, 0.15) is 17.9 Å². The molecular weight excluding hydrogens is 377 g/mol. The number of amides is 1. The monoisotopic (exact) mass is 399 g/mol. The average molecular weight is 400 g/mol. The summed E-state index contributed by atoms with van der Waals surface area (Å²) in [5.74, 6) is 0.288. The highest BCUT2D eigenvalue weighted by Gasteiger charge is 2.45. The molecule has 0 bridgehead atoms. The highest BCUT2D eigenvalue weighted by molar-refractivity contribution is 6.42. The van der Waals surface area contributed by atoms with Crippen molar-refractivity contribution in [2.75, 3.05) is 45.9 Å². The minimum absolute atomic E-state index is 0.00220. The van der Waals surface area contributed by atoms with Gasteiger partial charge in [-0.3, -0.25) is 14.6 Å². The van der Waals surface area contributed by atoms with Gasteiger partial charge in [0.15, 0.2) is 0 Å². The number of phenolic OH excluding ortho intramolecular Hbond substituents is 1. The second kappa shape index (κ2) is 7.17. The fraction of sp³-hybridized carbons (Fsp3) is 0.611. The fourth-order valence-corrected chi connectivity index (χ4v) is 5.00. The van der Waals surface area contributed by atoms with Gasteiger partial charge in [0, 0.05) is 56.3 Å². The van der Waals surface area contributed by atoms with E-state index in [9.17, 15) is 9.90 Å². The van der Waals surface area contributed by atoms with Crippen LogP contribution in [0.2, 0.25) is 10.0 Å². The van der Waals surface area contributed by atoms with Crippen molar-refractivity contribution < 1.29 is 15.0 Å². The molecule has 0 radical (unpaired) electrons. The molecular formula is C18H23Cl2N3O3. The number of nitrogens with zero attached hydrogens (tertiary/aromatic N) is 3. The van der Waals surface area contributed by atoms with Gasteiger partial charge in [0.05, 0.1) is 23.2 Å². The number of likely N-dealkylation sites (tertiary alicyclic amines) is 1. The zero-order valence-corrected chi connectivity index (χ0v) is 16.0. The Morgan fingerprint density at radius 1 is 1.12 bits per heavy atom. The van der Waals surface area contributed by atoms with Gasteiger partial charge in [0.1, 0.15) is 5.75 Å². The zero-order valence-electron chi connectivity index (χ0n) is 14.4. The molecule has 3 aliphatic rings. The van der Waals surface area contributed by atoms with Gasteiger partial charge in [-0.05, 0) is 18.6 Å². The fourth-order valence-electron chi connectivity index (χ4n) is 4.52. The lowest BCUT2D eigenvalue weighted by molar-refractivity contribution is -0.141. The number of hydrogen-bond donors (Lipinski definition) is 2. The summed E-state index contributed by atoms with van der Waals surface area (Å²) in [6.07, 6.45) is 0.781. The Bertz CT molecular complexity index is 711. The molecule has 26 heavy (non-hydrogen) atoms. The van der Waals surface area contributed by atoms with E-state index in [-0.39, 0.29) is 30.2 Å². The Morgan fingerprint density at radius 2 is 1.88 bits per heavy atom. The summed E-state index contributed by atoms with van der Waals surface area (Å²) in [5.41, 5.74) is 0.658. The van der Waals surface area contributed by atoms with Crippen molar-refractivity contribution in [3.05, 3.63) is 27.7 Å². The summed E-state index contributed by atoms with van der Waals surface area (Å²) in [6, 6.07) is 3.68. The maximum absolute atomic E-state index is 12.7. The van der Waals surface area contributed by atoms with Crippen molar-refractivity contribution in [1.82, 2.24) is 14.7 Å². The molecule has 1 amide bonds. The molecule has 4 rings (SSSR count). The normalized spacial score (nSPS) is 27.7. The number of β-amino-alcohol motifs (C(OH)–C–C–N with tert-alkyl or cyclic N) is 1. The second-order valence-corrected chi connectivity index (χ2v) is 8.28. The van der Waals surface area contributed by atoms with E-state index in [0.29, 0.717) is 41.3 Å². The Morgan fingerprint density at radius 3 is 2.62 bits per heavy atom. The third-order valence-corrected chi connectivity index (χ3v) is 6.73. The Kier molecular flexibility index (Phi) is 5.05. The lowest BCUT2D eigenvalue weighted by Crippen LogP contribution is -2.65. The SMILES string of the molecule is O=C1CN(C2CN(CCO)C2)C[C@@H]2C[C@H](c3c(O)ccc(Cl)c3Cl)CN12. The molecule has 3 heterocycles. The molecule has 8 heteroatoms. The zero-order chi connectivity index (χ0) is 18.4. The van der Waals surface area contributed by atoms with Crippen LogP contribution >= 0.6 is 23.2 Å². The maximum Gasteiger partial charge on any atom is 0.237 e. The number of hydrogen-bond acceptors (Lipinski definition) is 5. The first-order valence-electron chi connectivity index (χ1n) is 9.01. The number of aliphatic hydroxyl groups is 1. The summed E-state index contributed by atoms with van der Waals surface area (Å²) >= 11 is 12.5. The molecule has 2 atom stereocenters. The summed E-state index contributed by atoms with van der Waals surface area (Å²) < 4.78 is 0. The summed E-state index contributed by atoms with van der Waals surface area (Å²) in [6.45, 7) is 4.55. The van der Waals surface area contributed by atoms with Gasteiger partial charge in [-0.25, -0.2) is 0 Å². The Hall–Kier alpha value is -1.05. The van der Waals surface area contributed by atoms with Gasteiger partial charge in [-0.1, -0.05) is 23.2 Å². The molecule has 0 saturated carbocycles. The minimum atomic E-state index is 0.00220. The van der Waals surface area contributed by atoms with Gasteiger partial charge in [0.2, 0.25) is 5.91 Å². The van der Waals surface area contributed by atoms with Gasteiger partial charge in [0.25, 0.3) is 0 Å². The average Bonchev–Trinajstić information content (AvgIpc) is 2.98. The van der Waals surface area contributed by atoms with E-state index < -0.39 is 0 Å². The Balaban J connectivity index is 1.46. The number of phenols is 1. The van der Waals surface area contributed by atoms with Crippen molar-refractivity contribution in [3.63, 3.8) is 0 Å². The van der Waals surface area contributed by atoms with Crippen molar-refractivity contribution in [3.8, 4) is 5.75 Å². The molecule has 142 valence electrons. The van der Waals surface area contributed by atoms with E-state index in [2.05, 4.69) is 9.80 Å². The van der Waals surface area contributed by atoms with Crippen LogP contribution in [-0.2, 0) is 4.79 Å². The molecule has 6 nitrogen and oxygen atoms in total. The van der Waals surface area contributed by atoms with Crippen LogP contribution in [0.15, 0.2) is 12.1 Å². The van der Waals surface area contributed by atoms with Gasteiger partial charge >= 0.3 is 0 Å². The topological polar surface area (TPSA) is 67.2 Å². The van der Waals surface area contributed by atoms with E-state index >= 15 is 0 Å². The molecule has 0 aromatic heterocycles. The van der Waals surface area contributed by atoms with Crippen LogP contribution in [0, 0.1) is 0 Å². The number of carbonyl (C=O) groups excluding carboxylic acids is 1. The van der Waals surface area contributed by atoms with Crippen LogP contribution in [0.25, 0.3) is 0 Å². The van der Waals surface area contributed by atoms with Gasteiger partial charge in [-0.15, -0.1) is 0 Å². The van der Waals surface area contributed by atoms with Crippen LogP contribution in [0.3, 0.4) is 0 Å². The maximum atomic E-state index is 12.7. The highest BCUT2D eigenvalue weighted by Crippen LogP contribution is 2.43. The number of carbonyl (C=O) groups is 1. The molecule has 2 N–H and O–H groups in total. The first-order valence-corrected chi connectivity index (χ1v) is 9.77. The summed E-state index contributed by atoms with van der Waals surface area (Å²) in [4.78, 5) is 19.1. The molecule has 0 spiro atoms. The number of halogens is 2. The smallest absolute Gasteiger partial charge is 0.237 e. The lowest BCUT2D eigenvalue weighted by Gasteiger charge is -2.48. The van der Waals surface area contributed by atoms with E-state index in [1.54, 1.807) is 12.1 Å². The van der Waals surface area contributed by atoms with Crippen LogP contribution in [-0.4, -0.2) is 88.8 Å². The third kappa shape index (κ3) is 3.18. The molecule has 3 aliphatic heterocycles. The molecule has 3 saturated heterocycles. The number of rotatable bonds is 4. The van der Waals surface area contributed by atoms with Gasteiger partial charge in [-0.2, -0.15) is 0 Å². The van der Waals surface area contributed by atoms with Crippen molar-refractivity contribution in [2.24, 2.45) is 0 Å². The second-order valence-electron chi connectivity index (χ2n) is 7.49. The van der Waals surface area contributed by atoms with Crippen LogP contribution in [0.5, 0.6) is 5.75 Å². The number of benzene rings is 1. The van der Waals surface area contributed by atoms with Crippen molar-refractivity contribution in [2.45, 2.75) is 24.4 Å². The molecule has 3 fully saturated rings. The summed E-state index contributed by atoms with van der Waals surface area (Å²) in [7, 11) is 0. The van der Waals surface area contributed by atoms with E-state index in [1.165, 1.54) is 0 Å². The van der Waals surface area contributed by atoms with Crippen LogP contribution in [0.4, 0.5) is 0 Å². The molecule has 0 aliphatic carbocycles. The first kappa shape index (κ1) is 18.3. The number of piperazine rings is 1. The van der Waals surface area contributed by atoms with Crippen LogP contribution < -0.4 is 0 Å². The lowest BCUT2D eigenvalue weighted by atomic mass is 9.94. The number of aromatic hydroxyl groups is 1. The Labute approximate surface area is 162 Å². The molecule has 1 aromatic rings. The van der Waals surface area contributed by atoms with E-state index in [1.807, 2.05) is 4.90 Å². The predicted molar refractivity (Wildman–Crippen MR) is 99.9 cm³/mol. The van der Waals surface area contributed by atoms with Gasteiger partial charge < -0.3 is 15.1 Å². The molecule has 0 unspecified atom stereocenters. The minimum Gasteiger partial charge on any atom is -0.508 e. The third-order valence-electron chi connectivity index (χ3n) is 5.91. The first-order chi connectivity index (χ1) is 12.5. The summed E-state index contributed by atoms with van der Waals surface area (Å²) in [5, 5.41) is 20.1. The molecule has 1 aromatic carbocycles. The standard InChI is InChI=1S/C18H23Cl2N3O3/c19-14-1-2-15(25)17(18(14)20)11-5-12-9-22(10-16(26)23(12)6-11)13-7-21(8-13)3-4-24/h1-2,11-13,24-25H,3-10H2/t11-,12-/m0/s1. The number of aliphatic hydroxyl groups excluding tert-OH is 1. The quantitative estimate of drug-likeness (QED) is 0.800. The van der Waals surface area contributed by atoms with Crippen molar-refractivity contribution >= 4 is 29.1 Å². The van der Waals surface area contributed by atoms with E-state index in [4.69, 9.17) is 28.3 Å².